The summed E-state index contributed by atoms with van der Waals surface area (Å²) < 4.78 is 27.1. The first-order valence-electron chi connectivity index (χ1n) is 11.6. The van der Waals surface area contributed by atoms with Crippen LogP contribution in [0.4, 0.5) is 0 Å². The lowest BCUT2D eigenvalue weighted by Gasteiger charge is -2.27. The fraction of sp³-hybridized carbons (Fsp3) is 0.462. The van der Waals surface area contributed by atoms with Crippen LogP contribution in [-0.2, 0) is 19.1 Å². The summed E-state index contributed by atoms with van der Waals surface area (Å²) in [6.07, 6.45) is 0.987. The van der Waals surface area contributed by atoms with Gasteiger partial charge in [0, 0.05) is 19.2 Å². The monoisotopic (exact) mass is 502 g/mol. The number of carbonyl (C=O) groups excluding carboxylic acids is 3. The minimum atomic E-state index is -0.995. The number of hydrogen-bond donors (Lipinski definition) is 1. The van der Waals surface area contributed by atoms with Gasteiger partial charge in [0.25, 0.3) is 5.91 Å². The van der Waals surface area contributed by atoms with Crippen molar-refractivity contribution >= 4 is 17.8 Å². The molecule has 1 aromatic carbocycles. The van der Waals surface area contributed by atoms with E-state index < -0.39 is 42.9 Å². The van der Waals surface area contributed by atoms with E-state index in [1.807, 2.05) is 51.1 Å². The normalized spacial score (nSPS) is 13.2. The summed E-state index contributed by atoms with van der Waals surface area (Å²) in [5.74, 6) is -0.771. The van der Waals surface area contributed by atoms with Gasteiger partial charge >= 0.3 is 11.9 Å². The van der Waals surface area contributed by atoms with E-state index in [1.165, 1.54) is 33.2 Å². The number of hydrogen-bond acceptors (Lipinski definition) is 9. The molecule has 0 radical (unpaired) electrons. The van der Waals surface area contributed by atoms with Gasteiger partial charge in [-0.1, -0.05) is 32.0 Å². The highest BCUT2D eigenvalue weighted by Crippen LogP contribution is 2.29. The van der Waals surface area contributed by atoms with Crippen LogP contribution in [0.15, 0.2) is 42.6 Å². The summed E-state index contributed by atoms with van der Waals surface area (Å²) in [4.78, 5) is 40.9. The van der Waals surface area contributed by atoms with E-state index >= 15 is 0 Å². The van der Waals surface area contributed by atoms with Gasteiger partial charge < -0.3 is 29.0 Å². The number of ether oxygens (including phenoxy) is 5. The molecular weight excluding hydrogens is 468 g/mol. The zero-order valence-corrected chi connectivity index (χ0v) is 21.5. The summed E-state index contributed by atoms with van der Waals surface area (Å²) in [6, 6.07) is 9.76. The molecule has 2 rings (SSSR count). The van der Waals surface area contributed by atoms with E-state index in [0.29, 0.717) is 12.2 Å². The van der Waals surface area contributed by atoms with Gasteiger partial charge in [0.05, 0.1) is 7.11 Å². The summed E-state index contributed by atoms with van der Waals surface area (Å²) in [5, 5.41) is 2.57. The molecule has 0 saturated heterocycles. The number of nitrogens with zero attached hydrogens (tertiary/aromatic N) is 1. The standard InChI is InChI=1S/C26H34N2O8/c1-16(2)14-22(18(4)35-20-10-8-7-9-11-20)36-26(31)17(3)28-25(30)23-24(34-15-33-19(5)29)21(32-6)12-13-27-23/h7-13,16-18,22H,14-15H2,1-6H3,(H,28,30)/t17-,18-,22+/m0/s1. The number of carbonyl (C=O) groups is 3. The smallest absolute Gasteiger partial charge is 0.328 e. The van der Waals surface area contributed by atoms with Crippen molar-refractivity contribution < 1.29 is 38.1 Å². The minimum Gasteiger partial charge on any atom is -0.493 e. The lowest BCUT2D eigenvalue weighted by Crippen LogP contribution is -2.44. The summed E-state index contributed by atoms with van der Waals surface area (Å²) >= 11 is 0. The van der Waals surface area contributed by atoms with E-state index in [2.05, 4.69) is 10.3 Å². The lowest BCUT2D eigenvalue weighted by molar-refractivity contribution is -0.156. The van der Waals surface area contributed by atoms with Crippen LogP contribution in [-0.4, -0.2) is 55.0 Å². The van der Waals surface area contributed by atoms with Crippen LogP contribution in [0, 0.1) is 5.92 Å². The van der Waals surface area contributed by atoms with Gasteiger partial charge in [-0.05, 0) is 38.3 Å². The maximum atomic E-state index is 12.9. The Morgan fingerprint density at radius 2 is 1.72 bits per heavy atom. The first kappa shape index (κ1) is 28.4. The van der Waals surface area contributed by atoms with E-state index in [0.717, 1.165) is 0 Å². The zero-order valence-electron chi connectivity index (χ0n) is 21.5. The topological polar surface area (TPSA) is 122 Å². The van der Waals surface area contributed by atoms with Crippen LogP contribution in [0.3, 0.4) is 0 Å². The SMILES string of the molecule is COc1ccnc(C(=O)N[C@@H](C)C(=O)O[C@H](CC(C)C)[C@H](C)Oc2ccccc2)c1OCOC(C)=O. The predicted molar refractivity (Wildman–Crippen MR) is 131 cm³/mol. The van der Waals surface area contributed by atoms with Gasteiger partial charge in [-0.3, -0.25) is 9.59 Å². The molecule has 1 aromatic heterocycles. The van der Waals surface area contributed by atoms with Crippen molar-refractivity contribution in [2.75, 3.05) is 13.9 Å². The Labute approximate surface area is 211 Å². The van der Waals surface area contributed by atoms with Crippen molar-refractivity contribution in [2.45, 2.75) is 59.3 Å². The third kappa shape index (κ3) is 8.75. The molecule has 0 unspecified atom stereocenters. The van der Waals surface area contributed by atoms with Crippen molar-refractivity contribution in [2.24, 2.45) is 5.92 Å². The molecule has 0 spiro atoms. The van der Waals surface area contributed by atoms with E-state index in [-0.39, 0.29) is 23.1 Å². The molecule has 36 heavy (non-hydrogen) atoms. The van der Waals surface area contributed by atoms with Crippen molar-refractivity contribution in [3.8, 4) is 17.2 Å². The molecule has 1 amide bonds. The molecule has 1 N–H and O–H groups in total. The molecule has 0 aliphatic rings. The molecule has 0 bridgehead atoms. The molecule has 196 valence electrons. The summed E-state index contributed by atoms with van der Waals surface area (Å²) in [5.41, 5.74) is -0.138. The van der Waals surface area contributed by atoms with Crippen LogP contribution >= 0.6 is 0 Å². The molecule has 1 heterocycles. The fourth-order valence-corrected chi connectivity index (χ4v) is 3.23. The third-order valence-electron chi connectivity index (χ3n) is 5.03. The van der Waals surface area contributed by atoms with Crippen molar-refractivity contribution in [1.82, 2.24) is 10.3 Å². The quantitative estimate of drug-likeness (QED) is 0.324. The number of esters is 2. The van der Waals surface area contributed by atoms with Crippen LogP contribution < -0.4 is 19.5 Å². The second kappa shape index (κ2) is 13.9. The Bertz CT molecular complexity index is 1010. The van der Waals surface area contributed by atoms with Crippen LogP contribution in [0.1, 0.15) is 51.5 Å². The average Bonchev–Trinajstić information content (AvgIpc) is 2.83. The van der Waals surface area contributed by atoms with Crippen LogP contribution in [0.2, 0.25) is 0 Å². The Morgan fingerprint density at radius 1 is 1.03 bits per heavy atom. The highest BCUT2D eigenvalue weighted by molar-refractivity contribution is 5.98. The minimum absolute atomic E-state index is 0.0260. The average molecular weight is 503 g/mol. The highest BCUT2D eigenvalue weighted by atomic mass is 16.7. The Morgan fingerprint density at radius 3 is 2.33 bits per heavy atom. The van der Waals surface area contributed by atoms with Gasteiger partial charge in [0.2, 0.25) is 6.79 Å². The first-order valence-corrected chi connectivity index (χ1v) is 11.6. The Hall–Kier alpha value is -3.82. The van der Waals surface area contributed by atoms with Gasteiger partial charge in [-0.2, -0.15) is 0 Å². The molecular formula is C26H34N2O8. The van der Waals surface area contributed by atoms with Crippen LogP contribution in [0.25, 0.3) is 0 Å². The highest BCUT2D eigenvalue weighted by Gasteiger charge is 2.29. The van der Waals surface area contributed by atoms with Crippen LogP contribution in [0.5, 0.6) is 17.2 Å². The number of aromatic nitrogens is 1. The summed E-state index contributed by atoms with van der Waals surface area (Å²) in [6.45, 7) is 8.17. The zero-order chi connectivity index (χ0) is 26.7. The lowest BCUT2D eigenvalue weighted by atomic mass is 10.0. The summed E-state index contributed by atoms with van der Waals surface area (Å²) in [7, 11) is 1.39. The van der Waals surface area contributed by atoms with Gasteiger partial charge in [0.1, 0.15) is 24.0 Å². The number of amides is 1. The fourth-order valence-electron chi connectivity index (χ4n) is 3.23. The molecule has 10 nitrogen and oxygen atoms in total. The van der Waals surface area contributed by atoms with Gasteiger partial charge in [-0.25, -0.2) is 9.78 Å². The number of rotatable bonds is 13. The van der Waals surface area contributed by atoms with Gasteiger partial charge in [0.15, 0.2) is 17.2 Å². The first-order chi connectivity index (χ1) is 17.1. The predicted octanol–water partition coefficient (Wildman–Crippen LogP) is 3.53. The number of methoxy groups -OCH3 is 1. The number of pyridine rings is 1. The molecule has 0 fully saturated rings. The van der Waals surface area contributed by atoms with Gasteiger partial charge in [-0.15, -0.1) is 0 Å². The molecule has 10 heteroatoms. The van der Waals surface area contributed by atoms with Crippen molar-refractivity contribution in [3.63, 3.8) is 0 Å². The Balaban J connectivity index is 2.09. The van der Waals surface area contributed by atoms with E-state index in [9.17, 15) is 14.4 Å². The molecule has 2 aromatic rings. The largest absolute Gasteiger partial charge is 0.493 e. The second-order valence-electron chi connectivity index (χ2n) is 8.53. The maximum absolute atomic E-state index is 12.9. The number of benzene rings is 1. The molecule has 0 saturated carbocycles. The maximum Gasteiger partial charge on any atom is 0.328 e. The number of para-hydroxylation sites is 1. The molecule has 0 aliphatic carbocycles. The van der Waals surface area contributed by atoms with Crippen molar-refractivity contribution in [1.29, 1.82) is 0 Å². The third-order valence-corrected chi connectivity index (χ3v) is 5.03. The Kier molecular flexibility index (Phi) is 11.0. The molecule has 0 aliphatic heterocycles. The van der Waals surface area contributed by atoms with E-state index in [1.54, 1.807) is 0 Å². The second-order valence-corrected chi connectivity index (χ2v) is 8.53. The van der Waals surface area contributed by atoms with E-state index in [4.69, 9.17) is 23.7 Å². The number of nitrogens with one attached hydrogen (secondary N) is 1. The molecule has 3 atom stereocenters. The van der Waals surface area contributed by atoms with Crippen molar-refractivity contribution in [3.05, 3.63) is 48.3 Å².